The third-order valence-electron chi connectivity index (χ3n) is 3.07. The van der Waals surface area contributed by atoms with Gasteiger partial charge in [-0.25, -0.2) is 0 Å². The Morgan fingerprint density at radius 2 is 1.90 bits per heavy atom. The van der Waals surface area contributed by atoms with Crippen molar-refractivity contribution in [2.75, 3.05) is 7.11 Å². The lowest BCUT2D eigenvalue weighted by atomic mass is 10.2. The average Bonchev–Trinajstić information content (AvgIpc) is 2.97. The summed E-state index contributed by atoms with van der Waals surface area (Å²) in [7, 11) is 1.65. The first kappa shape index (κ1) is 12.9. The van der Waals surface area contributed by atoms with Gasteiger partial charge in [-0.05, 0) is 29.8 Å². The van der Waals surface area contributed by atoms with Crippen molar-refractivity contribution >= 4 is 16.8 Å². The van der Waals surface area contributed by atoms with Gasteiger partial charge in [0.05, 0.1) is 12.7 Å². The SMILES string of the molecule is COc1ccc(C2NN=C(c3ccccc3O)S2)cc1. The Hall–Kier alpha value is -2.14. The van der Waals surface area contributed by atoms with Crippen LogP contribution in [0.15, 0.2) is 53.6 Å². The monoisotopic (exact) mass is 286 g/mol. The topological polar surface area (TPSA) is 53.8 Å². The molecule has 0 amide bonds. The molecule has 3 rings (SSSR count). The van der Waals surface area contributed by atoms with Gasteiger partial charge in [0.1, 0.15) is 21.9 Å². The molecule has 2 aromatic carbocycles. The van der Waals surface area contributed by atoms with Crippen molar-refractivity contribution in [3.05, 3.63) is 59.7 Å². The number of methoxy groups -OCH3 is 1. The molecule has 0 saturated heterocycles. The van der Waals surface area contributed by atoms with Crippen molar-refractivity contribution < 1.29 is 9.84 Å². The molecule has 2 N–H and O–H groups in total. The van der Waals surface area contributed by atoms with Crippen molar-refractivity contribution in [1.82, 2.24) is 5.43 Å². The van der Waals surface area contributed by atoms with Gasteiger partial charge in [-0.2, -0.15) is 5.10 Å². The largest absolute Gasteiger partial charge is 0.507 e. The van der Waals surface area contributed by atoms with Gasteiger partial charge in [0.25, 0.3) is 0 Å². The number of nitrogens with one attached hydrogen (secondary N) is 1. The molecule has 102 valence electrons. The number of phenolic OH excluding ortho intramolecular Hbond substituents is 1. The molecule has 5 heteroatoms. The lowest BCUT2D eigenvalue weighted by molar-refractivity contribution is 0.414. The van der Waals surface area contributed by atoms with Crippen LogP contribution in [0, 0.1) is 0 Å². The number of hydrogen-bond acceptors (Lipinski definition) is 5. The van der Waals surface area contributed by atoms with E-state index in [0.29, 0.717) is 0 Å². The van der Waals surface area contributed by atoms with E-state index in [1.54, 1.807) is 31.0 Å². The van der Waals surface area contributed by atoms with E-state index in [-0.39, 0.29) is 11.1 Å². The minimum Gasteiger partial charge on any atom is -0.507 e. The number of aromatic hydroxyl groups is 1. The number of phenols is 1. The standard InChI is InChI=1S/C15H14N2O2S/c1-19-11-8-6-10(7-9-11)14-16-17-15(20-14)12-4-2-3-5-13(12)18/h2-9,14,16,18H,1H3. The van der Waals surface area contributed by atoms with Crippen LogP contribution in [0.1, 0.15) is 16.5 Å². The molecular weight excluding hydrogens is 272 g/mol. The van der Waals surface area contributed by atoms with Gasteiger partial charge in [-0.3, -0.25) is 5.43 Å². The summed E-state index contributed by atoms with van der Waals surface area (Å²) in [6.45, 7) is 0. The van der Waals surface area contributed by atoms with Crippen LogP contribution < -0.4 is 10.2 Å². The third kappa shape index (κ3) is 2.44. The average molecular weight is 286 g/mol. The van der Waals surface area contributed by atoms with Crippen molar-refractivity contribution in [3.63, 3.8) is 0 Å². The van der Waals surface area contributed by atoms with E-state index >= 15 is 0 Å². The van der Waals surface area contributed by atoms with Crippen molar-refractivity contribution in [1.29, 1.82) is 0 Å². The Kier molecular flexibility index (Phi) is 3.52. The second-order valence-electron chi connectivity index (χ2n) is 4.33. The van der Waals surface area contributed by atoms with Gasteiger partial charge < -0.3 is 9.84 Å². The Labute approximate surface area is 121 Å². The summed E-state index contributed by atoms with van der Waals surface area (Å²) in [5.74, 6) is 1.08. The van der Waals surface area contributed by atoms with E-state index in [9.17, 15) is 5.11 Å². The van der Waals surface area contributed by atoms with E-state index in [1.165, 1.54) is 0 Å². The summed E-state index contributed by atoms with van der Waals surface area (Å²) in [6, 6.07) is 15.1. The molecular formula is C15H14N2O2S. The number of hydrazone groups is 1. The molecule has 1 atom stereocenters. The molecule has 0 fully saturated rings. The highest BCUT2D eigenvalue weighted by molar-refractivity contribution is 8.14. The predicted molar refractivity (Wildman–Crippen MR) is 81.1 cm³/mol. The number of nitrogens with zero attached hydrogens (tertiary/aromatic N) is 1. The van der Waals surface area contributed by atoms with E-state index in [1.807, 2.05) is 36.4 Å². The molecule has 0 aromatic heterocycles. The van der Waals surface area contributed by atoms with Gasteiger partial charge in [-0.1, -0.05) is 36.0 Å². The Bertz CT molecular complexity index is 641. The number of ether oxygens (including phenoxy) is 1. The van der Waals surface area contributed by atoms with E-state index in [0.717, 1.165) is 21.9 Å². The summed E-state index contributed by atoms with van der Waals surface area (Å²) in [5, 5.41) is 15.0. The fraction of sp³-hybridized carbons (Fsp3) is 0.133. The van der Waals surface area contributed by atoms with Crippen LogP contribution in [0.2, 0.25) is 0 Å². The zero-order valence-electron chi connectivity index (χ0n) is 10.9. The van der Waals surface area contributed by atoms with Crippen molar-refractivity contribution in [3.8, 4) is 11.5 Å². The van der Waals surface area contributed by atoms with Crippen LogP contribution in [0.25, 0.3) is 0 Å². The first-order valence-corrected chi connectivity index (χ1v) is 7.08. The molecule has 0 aliphatic carbocycles. The third-order valence-corrected chi connectivity index (χ3v) is 4.21. The minimum absolute atomic E-state index is 0.0514. The fourth-order valence-electron chi connectivity index (χ4n) is 1.98. The summed E-state index contributed by atoms with van der Waals surface area (Å²) in [4.78, 5) is 0. The Balaban J connectivity index is 1.77. The van der Waals surface area contributed by atoms with Gasteiger partial charge in [-0.15, -0.1) is 0 Å². The van der Waals surface area contributed by atoms with Crippen LogP contribution in [-0.2, 0) is 0 Å². The van der Waals surface area contributed by atoms with E-state index in [4.69, 9.17) is 4.74 Å². The summed E-state index contributed by atoms with van der Waals surface area (Å²) >= 11 is 1.58. The molecule has 0 spiro atoms. The van der Waals surface area contributed by atoms with Crippen LogP contribution in [-0.4, -0.2) is 17.3 Å². The number of hydrogen-bond donors (Lipinski definition) is 2. The van der Waals surface area contributed by atoms with Crippen molar-refractivity contribution in [2.45, 2.75) is 5.37 Å². The molecule has 1 heterocycles. The molecule has 1 aliphatic rings. The molecule has 1 unspecified atom stereocenters. The highest BCUT2D eigenvalue weighted by atomic mass is 32.2. The van der Waals surface area contributed by atoms with Crippen LogP contribution in [0.4, 0.5) is 0 Å². The van der Waals surface area contributed by atoms with Crippen molar-refractivity contribution in [2.24, 2.45) is 5.10 Å². The van der Waals surface area contributed by atoms with Crippen LogP contribution >= 0.6 is 11.8 Å². The van der Waals surface area contributed by atoms with Gasteiger partial charge in [0.15, 0.2) is 0 Å². The predicted octanol–water partition coefficient (Wildman–Crippen LogP) is 3.10. The molecule has 1 aliphatic heterocycles. The number of benzene rings is 2. The highest BCUT2D eigenvalue weighted by Crippen LogP contribution is 2.36. The maximum absolute atomic E-state index is 9.86. The smallest absolute Gasteiger partial charge is 0.129 e. The van der Waals surface area contributed by atoms with Gasteiger partial charge >= 0.3 is 0 Å². The maximum atomic E-state index is 9.86. The molecule has 0 bridgehead atoms. The van der Waals surface area contributed by atoms with E-state index < -0.39 is 0 Å². The van der Waals surface area contributed by atoms with Gasteiger partial charge in [0.2, 0.25) is 0 Å². The number of thioether (sulfide) groups is 1. The summed E-state index contributed by atoms with van der Waals surface area (Å²) in [5.41, 5.74) is 4.95. The molecule has 2 aromatic rings. The van der Waals surface area contributed by atoms with Crippen LogP contribution in [0.3, 0.4) is 0 Å². The Morgan fingerprint density at radius 1 is 1.15 bits per heavy atom. The zero-order chi connectivity index (χ0) is 13.9. The Morgan fingerprint density at radius 3 is 2.60 bits per heavy atom. The molecule has 0 radical (unpaired) electrons. The second kappa shape index (κ2) is 5.46. The van der Waals surface area contributed by atoms with E-state index in [2.05, 4.69) is 10.5 Å². The zero-order valence-corrected chi connectivity index (χ0v) is 11.7. The summed E-state index contributed by atoms with van der Waals surface area (Å²) in [6.07, 6.45) is 0. The minimum atomic E-state index is 0.0514. The normalized spacial score (nSPS) is 17.4. The fourth-order valence-corrected chi connectivity index (χ4v) is 3.01. The molecule has 0 saturated carbocycles. The first-order chi connectivity index (χ1) is 9.78. The van der Waals surface area contributed by atoms with Crippen LogP contribution in [0.5, 0.6) is 11.5 Å². The highest BCUT2D eigenvalue weighted by Gasteiger charge is 2.23. The number of rotatable bonds is 3. The lowest BCUT2D eigenvalue weighted by Crippen LogP contribution is -2.06. The second-order valence-corrected chi connectivity index (χ2v) is 5.43. The number of para-hydroxylation sites is 1. The summed E-state index contributed by atoms with van der Waals surface area (Å²) < 4.78 is 5.15. The molecule has 20 heavy (non-hydrogen) atoms. The quantitative estimate of drug-likeness (QED) is 0.910. The lowest BCUT2D eigenvalue weighted by Gasteiger charge is -2.10. The first-order valence-electron chi connectivity index (χ1n) is 6.20. The maximum Gasteiger partial charge on any atom is 0.129 e. The van der Waals surface area contributed by atoms with Gasteiger partial charge in [0, 0.05) is 0 Å². The molecule has 4 nitrogen and oxygen atoms in total.